The molecule has 1 saturated heterocycles. The minimum absolute atomic E-state index is 0.463. The van der Waals surface area contributed by atoms with E-state index in [9.17, 15) is 0 Å². The summed E-state index contributed by atoms with van der Waals surface area (Å²) in [6.07, 6.45) is 0. The zero-order valence-corrected chi connectivity index (χ0v) is 4.62. The van der Waals surface area contributed by atoms with Crippen LogP contribution >= 0.6 is 0 Å². The van der Waals surface area contributed by atoms with Crippen LogP contribution in [0.3, 0.4) is 0 Å². The normalized spacial score (nSPS) is 19.2. The maximum absolute atomic E-state index is 7.20. The van der Waals surface area contributed by atoms with E-state index in [1.165, 1.54) is 0 Å². The molecular weight excluding hydrogens is 100 g/mol. The number of hydrogen-bond donors (Lipinski definition) is 2. The summed E-state index contributed by atoms with van der Waals surface area (Å²) in [5.41, 5.74) is 1.98. The van der Waals surface area contributed by atoms with Crippen LogP contribution in [0.5, 0.6) is 0 Å². The van der Waals surface area contributed by atoms with Crippen molar-refractivity contribution in [1.29, 1.82) is 5.41 Å². The standard InChI is InChI=1S/C6H8N2/c1-4-3-8-5(2)6(4)7/h7-8H,1-3H2. The van der Waals surface area contributed by atoms with Gasteiger partial charge in [-0.2, -0.15) is 0 Å². The molecule has 0 aromatic heterocycles. The van der Waals surface area contributed by atoms with Crippen LogP contribution in [0.4, 0.5) is 0 Å². The van der Waals surface area contributed by atoms with Crippen LogP contribution in [0.1, 0.15) is 0 Å². The van der Waals surface area contributed by atoms with Gasteiger partial charge in [0, 0.05) is 6.54 Å². The van der Waals surface area contributed by atoms with E-state index in [1.807, 2.05) is 0 Å². The Morgan fingerprint density at radius 1 is 1.50 bits per heavy atom. The van der Waals surface area contributed by atoms with Gasteiger partial charge in [-0.1, -0.05) is 13.2 Å². The molecule has 0 saturated carbocycles. The first-order valence-corrected chi connectivity index (χ1v) is 2.41. The van der Waals surface area contributed by atoms with Crippen LogP contribution in [-0.2, 0) is 0 Å². The third-order valence-electron chi connectivity index (χ3n) is 1.17. The highest BCUT2D eigenvalue weighted by atomic mass is 14.9. The van der Waals surface area contributed by atoms with E-state index in [1.54, 1.807) is 0 Å². The average molecular weight is 108 g/mol. The molecule has 1 aliphatic heterocycles. The lowest BCUT2D eigenvalue weighted by Crippen LogP contribution is -2.03. The highest BCUT2D eigenvalue weighted by molar-refractivity contribution is 6.11. The number of allylic oxidation sites excluding steroid dienone is 1. The summed E-state index contributed by atoms with van der Waals surface area (Å²) in [6.45, 7) is 7.92. The zero-order valence-electron chi connectivity index (χ0n) is 4.62. The summed E-state index contributed by atoms with van der Waals surface area (Å²) in [7, 11) is 0. The Labute approximate surface area is 48.4 Å². The van der Waals surface area contributed by atoms with Crippen molar-refractivity contribution in [1.82, 2.24) is 5.32 Å². The molecule has 8 heavy (non-hydrogen) atoms. The third-order valence-corrected chi connectivity index (χ3v) is 1.17. The maximum atomic E-state index is 7.20. The van der Waals surface area contributed by atoms with Crippen LogP contribution in [0.15, 0.2) is 24.4 Å². The van der Waals surface area contributed by atoms with Gasteiger partial charge < -0.3 is 5.32 Å². The number of hydrogen-bond acceptors (Lipinski definition) is 2. The predicted octanol–water partition coefficient (Wildman–Crippen LogP) is 0.679. The summed E-state index contributed by atoms with van der Waals surface area (Å²) in [4.78, 5) is 0. The monoisotopic (exact) mass is 108 g/mol. The van der Waals surface area contributed by atoms with Gasteiger partial charge in [0.2, 0.25) is 0 Å². The van der Waals surface area contributed by atoms with Gasteiger partial charge in [0.15, 0.2) is 0 Å². The molecule has 0 radical (unpaired) electrons. The Balaban J connectivity index is 2.86. The van der Waals surface area contributed by atoms with E-state index in [0.717, 1.165) is 5.57 Å². The molecule has 0 amide bonds. The van der Waals surface area contributed by atoms with Crippen LogP contribution in [0, 0.1) is 5.41 Å². The zero-order chi connectivity index (χ0) is 6.15. The SMILES string of the molecule is C=C1CNC(=C)C1=N. The van der Waals surface area contributed by atoms with Gasteiger partial charge in [-0.05, 0) is 5.57 Å². The van der Waals surface area contributed by atoms with Crippen LogP contribution in [0.25, 0.3) is 0 Å². The Kier molecular flexibility index (Phi) is 0.938. The van der Waals surface area contributed by atoms with Gasteiger partial charge in [-0.3, -0.25) is 5.41 Å². The van der Waals surface area contributed by atoms with E-state index in [0.29, 0.717) is 18.0 Å². The largest absolute Gasteiger partial charge is 0.380 e. The van der Waals surface area contributed by atoms with Crippen molar-refractivity contribution < 1.29 is 0 Å². The van der Waals surface area contributed by atoms with Gasteiger partial charge in [-0.15, -0.1) is 0 Å². The van der Waals surface area contributed by atoms with Crippen molar-refractivity contribution in [3.05, 3.63) is 24.4 Å². The molecule has 0 aromatic rings. The van der Waals surface area contributed by atoms with Crippen molar-refractivity contribution >= 4 is 5.71 Å². The Hall–Kier alpha value is -1.05. The first kappa shape index (κ1) is 5.09. The summed E-state index contributed by atoms with van der Waals surface area (Å²) in [5.74, 6) is 0. The molecule has 1 heterocycles. The Bertz CT molecular complexity index is 149. The highest BCUT2D eigenvalue weighted by Gasteiger charge is 2.13. The summed E-state index contributed by atoms with van der Waals surface area (Å²) >= 11 is 0. The second-order valence-electron chi connectivity index (χ2n) is 1.81. The molecule has 2 nitrogen and oxygen atoms in total. The lowest BCUT2D eigenvalue weighted by molar-refractivity contribution is 0.989. The summed E-state index contributed by atoms with van der Waals surface area (Å²) in [6, 6.07) is 0. The summed E-state index contributed by atoms with van der Waals surface area (Å²) in [5, 5.41) is 10.1. The van der Waals surface area contributed by atoms with E-state index < -0.39 is 0 Å². The van der Waals surface area contributed by atoms with Crippen molar-refractivity contribution in [2.75, 3.05) is 6.54 Å². The molecule has 0 bridgehead atoms. The smallest absolute Gasteiger partial charge is 0.0809 e. The van der Waals surface area contributed by atoms with Crippen molar-refractivity contribution in [3.8, 4) is 0 Å². The molecule has 1 rings (SSSR count). The van der Waals surface area contributed by atoms with E-state index >= 15 is 0 Å². The predicted molar refractivity (Wildman–Crippen MR) is 34.0 cm³/mol. The van der Waals surface area contributed by atoms with Gasteiger partial charge in [0.1, 0.15) is 0 Å². The van der Waals surface area contributed by atoms with E-state index in [4.69, 9.17) is 5.41 Å². The average Bonchev–Trinajstić information content (AvgIpc) is 1.98. The first-order valence-electron chi connectivity index (χ1n) is 2.41. The molecule has 0 aliphatic carbocycles. The van der Waals surface area contributed by atoms with Gasteiger partial charge in [0.25, 0.3) is 0 Å². The first-order chi connectivity index (χ1) is 3.72. The fourth-order valence-electron chi connectivity index (χ4n) is 0.604. The Morgan fingerprint density at radius 2 is 2.12 bits per heavy atom. The molecule has 0 aromatic carbocycles. The minimum atomic E-state index is 0.463. The fraction of sp³-hybridized carbons (Fsp3) is 0.167. The fourth-order valence-corrected chi connectivity index (χ4v) is 0.604. The number of rotatable bonds is 0. The van der Waals surface area contributed by atoms with Crippen molar-refractivity contribution in [2.24, 2.45) is 0 Å². The summed E-state index contributed by atoms with van der Waals surface area (Å²) < 4.78 is 0. The van der Waals surface area contributed by atoms with Crippen LogP contribution < -0.4 is 5.32 Å². The van der Waals surface area contributed by atoms with E-state index in [2.05, 4.69) is 18.5 Å². The van der Waals surface area contributed by atoms with E-state index in [-0.39, 0.29) is 0 Å². The molecule has 2 N–H and O–H groups in total. The van der Waals surface area contributed by atoms with Gasteiger partial charge >= 0.3 is 0 Å². The Morgan fingerprint density at radius 3 is 2.25 bits per heavy atom. The molecule has 1 fully saturated rings. The molecule has 2 heteroatoms. The quantitative estimate of drug-likeness (QED) is 0.470. The lowest BCUT2D eigenvalue weighted by atomic mass is 10.2. The van der Waals surface area contributed by atoms with Crippen LogP contribution in [0.2, 0.25) is 0 Å². The molecule has 42 valence electrons. The van der Waals surface area contributed by atoms with Crippen molar-refractivity contribution in [3.63, 3.8) is 0 Å². The lowest BCUT2D eigenvalue weighted by Gasteiger charge is -1.88. The van der Waals surface area contributed by atoms with Gasteiger partial charge in [-0.25, -0.2) is 0 Å². The second-order valence-corrected chi connectivity index (χ2v) is 1.81. The molecule has 0 atom stereocenters. The number of nitrogens with one attached hydrogen (secondary N) is 2. The second kappa shape index (κ2) is 1.47. The van der Waals surface area contributed by atoms with Crippen molar-refractivity contribution in [2.45, 2.75) is 0 Å². The van der Waals surface area contributed by atoms with Gasteiger partial charge in [0.05, 0.1) is 11.4 Å². The third kappa shape index (κ3) is 0.541. The highest BCUT2D eigenvalue weighted by Crippen LogP contribution is 2.06. The topological polar surface area (TPSA) is 35.9 Å². The molecular formula is C6H8N2. The maximum Gasteiger partial charge on any atom is 0.0809 e. The molecule has 1 aliphatic rings. The molecule has 0 spiro atoms. The minimum Gasteiger partial charge on any atom is -0.380 e. The van der Waals surface area contributed by atoms with Crippen LogP contribution in [-0.4, -0.2) is 12.3 Å². The molecule has 0 unspecified atom stereocenters.